The predicted octanol–water partition coefficient (Wildman–Crippen LogP) is 2.08. The van der Waals surface area contributed by atoms with Crippen LogP contribution in [0, 0.1) is 0 Å². The van der Waals surface area contributed by atoms with Gasteiger partial charge in [0.25, 0.3) is 0 Å². The zero-order chi connectivity index (χ0) is 22.2. The Morgan fingerprint density at radius 3 is 2.84 bits per heavy atom. The number of aryl methyl sites for hydroxylation is 1. The molecule has 0 aliphatic rings. The summed E-state index contributed by atoms with van der Waals surface area (Å²) in [4.78, 5) is 28.0. The molecule has 2 heterocycles. The predicted molar refractivity (Wildman–Crippen MR) is 114 cm³/mol. The molecule has 0 aliphatic heterocycles. The van der Waals surface area contributed by atoms with Gasteiger partial charge in [0.05, 0.1) is 25.6 Å². The monoisotopic (exact) mass is 447 g/mol. The molecule has 164 valence electrons. The van der Waals surface area contributed by atoms with Crippen molar-refractivity contribution in [2.45, 2.75) is 19.5 Å². The van der Waals surface area contributed by atoms with Crippen LogP contribution in [0.4, 0.5) is 0 Å². The van der Waals surface area contributed by atoms with Gasteiger partial charge in [-0.2, -0.15) is 4.68 Å². The fourth-order valence-corrected chi connectivity index (χ4v) is 3.08. The summed E-state index contributed by atoms with van der Waals surface area (Å²) in [7, 11) is 3.00. The van der Waals surface area contributed by atoms with E-state index in [4.69, 9.17) is 25.5 Å². The summed E-state index contributed by atoms with van der Waals surface area (Å²) in [6, 6.07) is 3.43. The van der Waals surface area contributed by atoms with Crippen LogP contribution in [0.25, 0.3) is 12.2 Å². The van der Waals surface area contributed by atoms with Gasteiger partial charge in [-0.15, -0.1) is 5.10 Å². The Bertz CT molecular complexity index is 1100. The van der Waals surface area contributed by atoms with E-state index >= 15 is 0 Å². The number of nitrogens with one attached hydrogen (secondary N) is 1. The number of amides is 1. The molecule has 11 heteroatoms. The van der Waals surface area contributed by atoms with E-state index in [2.05, 4.69) is 15.4 Å². The Morgan fingerprint density at radius 2 is 2.13 bits per heavy atom. The average molecular weight is 448 g/mol. The van der Waals surface area contributed by atoms with E-state index in [1.807, 2.05) is 10.8 Å². The Labute approximate surface area is 183 Å². The summed E-state index contributed by atoms with van der Waals surface area (Å²) in [6.07, 6.45) is 9.09. The van der Waals surface area contributed by atoms with Crippen molar-refractivity contribution in [3.63, 3.8) is 0 Å². The van der Waals surface area contributed by atoms with Crippen LogP contribution >= 0.6 is 11.6 Å². The third kappa shape index (κ3) is 5.76. The average Bonchev–Trinajstić information content (AvgIpc) is 3.40. The minimum atomic E-state index is -0.730. The highest BCUT2D eigenvalue weighted by Gasteiger charge is 2.13. The molecule has 0 saturated carbocycles. The first-order valence-electron chi connectivity index (χ1n) is 9.40. The maximum atomic E-state index is 12.1. The molecule has 0 radical (unpaired) electrons. The number of benzene rings is 1. The van der Waals surface area contributed by atoms with Gasteiger partial charge in [0.2, 0.25) is 11.8 Å². The minimum Gasteiger partial charge on any atom is -0.493 e. The smallest absolute Gasteiger partial charge is 0.437 e. The molecular weight excluding hydrogens is 426 g/mol. The molecule has 31 heavy (non-hydrogen) atoms. The van der Waals surface area contributed by atoms with E-state index in [-0.39, 0.29) is 18.3 Å². The largest absolute Gasteiger partial charge is 0.493 e. The molecule has 0 atom stereocenters. The van der Waals surface area contributed by atoms with Gasteiger partial charge in [-0.1, -0.05) is 11.6 Å². The number of imidazole rings is 1. The van der Waals surface area contributed by atoms with Crippen molar-refractivity contribution in [1.29, 1.82) is 0 Å². The first-order chi connectivity index (χ1) is 15.0. The van der Waals surface area contributed by atoms with Crippen molar-refractivity contribution in [3.8, 4) is 11.5 Å². The number of nitrogens with zero attached hydrogens (tertiary/aromatic N) is 4. The van der Waals surface area contributed by atoms with Gasteiger partial charge in [-0.25, -0.2) is 9.78 Å². The Hall–Kier alpha value is -3.53. The van der Waals surface area contributed by atoms with Gasteiger partial charge in [0.1, 0.15) is 6.54 Å². The van der Waals surface area contributed by atoms with Crippen LogP contribution in [0.5, 0.6) is 11.5 Å². The van der Waals surface area contributed by atoms with Gasteiger partial charge < -0.3 is 23.8 Å². The van der Waals surface area contributed by atoms with E-state index in [0.29, 0.717) is 28.6 Å². The molecule has 0 spiro atoms. The highest BCUT2D eigenvalue weighted by molar-refractivity contribution is 6.33. The molecule has 1 aromatic carbocycles. The summed E-state index contributed by atoms with van der Waals surface area (Å²) < 4.78 is 18.4. The number of carbonyl (C=O) groups excluding carboxylic acids is 1. The molecular formula is C20H22ClN5O5. The van der Waals surface area contributed by atoms with Gasteiger partial charge in [0, 0.05) is 31.6 Å². The number of aromatic nitrogens is 4. The van der Waals surface area contributed by atoms with Crippen LogP contribution in [-0.4, -0.2) is 46.0 Å². The maximum absolute atomic E-state index is 12.1. The standard InChI is InChI=1S/C20H22ClN5O5/c1-29-15-6-4-14(18(21)19(15)30-2)5-7-17-24-26(20(28)31-17)12-16(27)23-8-3-10-25-11-9-22-13-25/h4-7,9,11,13H,3,8,10,12H2,1-2H3,(H,23,27). The van der Waals surface area contributed by atoms with Crippen molar-refractivity contribution in [1.82, 2.24) is 24.6 Å². The van der Waals surface area contributed by atoms with Gasteiger partial charge in [0.15, 0.2) is 11.5 Å². The summed E-state index contributed by atoms with van der Waals surface area (Å²) in [5.74, 6) is -0.130. The molecule has 1 amide bonds. The van der Waals surface area contributed by atoms with Crippen LogP contribution in [0.1, 0.15) is 17.9 Å². The molecule has 3 rings (SSSR count). The van der Waals surface area contributed by atoms with Crippen molar-refractivity contribution < 1.29 is 18.7 Å². The van der Waals surface area contributed by atoms with E-state index in [1.165, 1.54) is 20.3 Å². The van der Waals surface area contributed by atoms with Gasteiger partial charge in [-0.05, 0) is 30.2 Å². The summed E-state index contributed by atoms with van der Waals surface area (Å²) in [5, 5.41) is 7.10. The van der Waals surface area contributed by atoms with Crippen molar-refractivity contribution in [3.05, 3.63) is 57.9 Å². The molecule has 0 unspecified atom stereocenters. The first-order valence-corrected chi connectivity index (χ1v) is 9.78. The number of hydrogen-bond donors (Lipinski definition) is 1. The van der Waals surface area contributed by atoms with Crippen molar-refractivity contribution >= 4 is 29.7 Å². The van der Waals surface area contributed by atoms with Gasteiger partial charge >= 0.3 is 5.76 Å². The SMILES string of the molecule is COc1ccc(C=Cc2nn(CC(=O)NCCCn3ccnc3)c(=O)o2)c(Cl)c1OC. The van der Waals surface area contributed by atoms with Crippen molar-refractivity contribution in [2.75, 3.05) is 20.8 Å². The minimum absolute atomic E-state index is 0.0451. The molecule has 0 saturated heterocycles. The molecule has 0 aliphatic carbocycles. The third-order valence-electron chi connectivity index (χ3n) is 4.31. The maximum Gasteiger partial charge on any atom is 0.437 e. The number of rotatable bonds is 10. The lowest BCUT2D eigenvalue weighted by atomic mass is 10.2. The Balaban J connectivity index is 1.58. The quantitative estimate of drug-likeness (QED) is 0.473. The molecule has 10 nitrogen and oxygen atoms in total. The second-order valence-corrected chi connectivity index (χ2v) is 6.78. The molecule has 0 bridgehead atoms. The van der Waals surface area contributed by atoms with Crippen LogP contribution in [-0.2, 0) is 17.9 Å². The number of hydrogen-bond acceptors (Lipinski definition) is 7. The molecule has 1 N–H and O–H groups in total. The van der Waals surface area contributed by atoms with Gasteiger partial charge in [-0.3, -0.25) is 4.79 Å². The lowest BCUT2D eigenvalue weighted by molar-refractivity contribution is -0.121. The Kier molecular flexibility index (Phi) is 7.50. The van der Waals surface area contributed by atoms with E-state index in [9.17, 15) is 9.59 Å². The number of halogens is 1. The van der Waals surface area contributed by atoms with Crippen LogP contribution in [0.15, 0.2) is 40.1 Å². The number of carbonyl (C=O) groups is 1. The second-order valence-electron chi connectivity index (χ2n) is 6.41. The molecule has 2 aromatic heterocycles. The lowest BCUT2D eigenvalue weighted by Gasteiger charge is -2.10. The zero-order valence-electron chi connectivity index (χ0n) is 17.1. The second kappa shape index (κ2) is 10.5. The van der Waals surface area contributed by atoms with Crippen molar-refractivity contribution in [2.24, 2.45) is 0 Å². The van der Waals surface area contributed by atoms with Crippen LogP contribution in [0.3, 0.4) is 0 Å². The van der Waals surface area contributed by atoms with E-state index in [0.717, 1.165) is 17.6 Å². The summed E-state index contributed by atoms with van der Waals surface area (Å²) in [6.45, 7) is 0.963. The fraction of sp³-hybridized carbons (Fsp3) is 0.300. The lowest BCUT2D eigenvalue weighted by Crippen LogP contribution is -2.32. The zero-order valence-corrected chi connectivity index (χ0v) is 17.8. The van der Waals surface area contributed by atoms with E-state index in [1.54, 1.807) is 30.7 Å². The highest BCUT2D eigenvalue weighted by Crippen LogP contribution is 2.37. The van der Waals surface area contributed by atoms with Crippen LogP contribution < -0.4 is 20.5 Å². The first kappa shape index (κ1) is 22.2. The molecule has 3 aromatic rings. The third-order valence-corrected chi connectivity index (χ3v) is 4.70. The number of methoxy groups -OCH3 is 2. The van der Waals surface area contributed by atoms with Crippen LogP contribution in [0.2, 0.25) is 5.02 Å². The summed E-state index contributed by atoms with van der Waals surface area (Å²) >= 11 is 6.33. The number of ether oxygens (including phenoxy) is 2. The summed E-state index contributed by atoms with van der Waals surface area (Å²) in [5.41, 5.74) is 0.618. The Morgan fingerprint density at radius 1 is 1.29 bits per heavy atom. The topological polar surface area (TPSA) is 113 Å². The normalized spacial score (nSPS) is 11.1. The fourth-order valence-electron chi connectivity index (χ4n) is 2.78. The van der Waals surface area contributed by atoms with E-state index < -0.39 is 5.76 Å². The highest BCUT2D eigenvalue weighted by atomic mass is 35.5. The molecule has 0 fully saturated rings.